The molecule has 0 amide bonds. The van der Waals surface area contributed by atoms with Crippen LogP contribution in [0.4, 0.5) is 0 Å². The maximum atomic E-state index is 9.35. The molecule has 66 valence electrons. The first kappa shape index (κ1) is 11.7. The van der Waals surface area contributed by atoms with Crippen LogP contribution in [0.3, 0.4) is 0 Å². The van der Waals surface area contributed by atoms with Gasteiger partial charge in [-0.25, -0.2) is 0 Å². The molecule has 1 nitrogen and oxygen atoms in total. The third-order valence-corrected chi connectivity index (χ3v) is 2.44. The number of hydrogen-bond donors (Lipinski definition) is 1. The van der Waals surface area contributed by atoms with Crippen molar-refractivity contribution in [3.05, 3.63) is 11.6 Å². The fourth-order valence-corrected chi connectivity index (χ4v) is 1.15. The summed E-state index contributed by atoms with van der Waals surface area (Å²) in [5.74, 6) is 0. The van der Waals surface area contributed by atoms with Gasteiger partial charge in [-0.1, -0.05) is 56.9 Å². The Labute approximate surface area is 85.1 Å². The van der Waals surface area contributed by atoms with Crippen LogP contribution >= 0.6 is 31.9 Å². The lowest BCUT2D eigenvalue weighted by molar-refractivity contribution is 0.243. The predicted octanol–water partition coefficient (Wildman–Crippen LogP) is 3.21. The lowest BCUT2D eigenvalue weighted by atomic mass is 10.1. The van der Waals surface area contributed by atoms with Gasteiger partial charge in [0.1, 0.15) is 0 Å². The highest BCUT2D eigenvalue weighted by molar-refractivity contribution is 9.24. The number of aliphatic hydroxyl groups excluding tert-OH is 1. The van der Waals surface area contributed by atoms with Crippen molar-refractivity contribution in [1.29, 1.82) is 0 Å². The second-order valence-electron chi connectivity index (χ2n) is 2.59. The molecule has 0 aliphatic carbocycles. The van der Waals surface area contributed by atoms with Gasteiger partial charge in [0.05, 0.1) is 9.84 Å². The SMILES string of the molecule is CCC/C(C)=C/C(O)C(Br)Br. The van der Waals surface area contributed by atoms with Crippen LogP contribution in [0.1, 0.15) is 26.7 Å². The summed E-state index contributed by atoms with van der Waals surface area (Å²) in [4.78, 5) is 0. The number of halogens is 2. The molecule has 0 aromatic carbocycles. The van der Waals surface area contributed by atoms with Crippen LogP contribution in [0.2, 0.25) is 0 Å². The summed E-state index contributed by atoms with van der Waals surface area (Å²) in [7, 11) is 0. The van der Waals surface area contributed by atoms with Crippen molar-refractivity contribution in [2.75, 3.05) is 0 Å². The minimum atomic E-state index is -0.429. The van der Waals surface area contributed by atoms with E-state index in [1.807, 2.05) is 13.0 Å². The van der Waals surface area contributed by atoms with Gasteiger partial charge in [0.15, 0.2) is 0 Å². The Balaban J connectivity index is 3.86. The van der Waals surface area contributed by atoms with Gasteiger partial charge in [-0.05, 0) is 13.3 Å². The van der Waals surface area contributed by atoms with E-state index in [9.17, 15) is 5.11 Å². The maximum Gasteiger partial charge on any atom is 0.0992 e. The van der Waals surface area contributed by atoms with Crippen molar-refractivity contribution < 1.29 is 5.11 Å². The molecule has 0 bridgehead atoms. The van der Waals surface area contributed by atoms with Crippen LogP contribution in [-0.2, 0) is 0 Å². The molecule has 0 aromatic rings. The van der Waals surface area contributed by atoms with Crippen LogP contribution in [-0.4, -0.2) is 14.9 Å². The molecule has 11 heavy (non-hydrogen) atoms. The summed E-state index contributed by atoms with van der Waals surface area (Å²) < 4.78 is -0.0400. The molecular formula is C8H14Br2O. The van der Waals surface area contributed by atoms with Crippen molar-refractivity contribution >= 4 is 31.9 Å². The topological polar surface area (TPSA) is 20.2 Å². The standard InChI is InChI=1S/C8H14Br2O/c1-3-4-6(2)5-7(11)8(9)10/h5,7-8,11H,3-4H2,1-2H3/b6-5+. The third-order valence-electron chi connectivity index (χ3n) is 1.36. The van der Waals surface area contributed by atoms with Gasteiger partial charge in [0.25, 0.3) is 0 Å². The number of allylic oxidation sites excluding steroid dienone is 1. The highest BCUT2D eigenvalue weighted by Crippen LogP contribution is 2.16. The largest absolute Gasteiger partial charge is 0.387 e. The van der Waals surface area contributed by atoms with Gasteiger partial charge in [0.2, 0.25) is 0 Å². The second kappa shape index (κ2) is 6.21. The summed E-state index contributed by atoms with van der Waals surface area (Å²) in [6, 6.07) is 0. The van der Waals surface area contributed by atoms with E-state index in [4.69, 9.17) is 0 Å². The summed E-state index contributed by atoms with van der Waals surface area (Å²) in [5, 5.41) is 9.35. The molecule has 0 radical (unpaired) electrons. The molecule has 0 fully saturated rings. The minimum absolute atomic E-state index is 0.0400. The zero-order valence-electron chi connectivity index (χ0n) is 6.85. The summed E-state index contributed by atoms with van der Waals surface area (Å²) in [6.07, 6.45) is 3.63. The number of hydrogen-bond acceptors (Lipinski definition) is 1. The number of rotatable bonds is 4. The molecule has 0 aliphatic heterocycles. The Morgan fingerprint density at radius 2 is 2.09 bits per heavy atom. The molecule has 1 N–H and O–H groups in total. The summed E-state index contributed by atoms with van der Waals surface area (Å²) >= 11 is 6.48. The predicted molar refractivity (Wildman–Crippen MR) is 56.3 cm³/mol. The smallest absolute Gasteiger partial charge is 0.0992 e. The van der Waals surface area contributed by atoms with E-state index in [0.717, 1.165) is 12.8 Å². The number of aliphatic hydroxyl groups is 1. The molecule has 0 saturated carbocycles. The van der Waals surface area contributed by atoms with Gasteiger partial charge in [-0.15, -0.1) is 0 Å². The molecule has 0 rings (SSSR count). The van der Waals surface area contributed by atoms with Crippen molar-refractivity contribution in [3.63, 3.8) is 0 Å². The summed E-state index contributed by atoms with van der Waals surface area (Å²) in [6.45, 7) is 4.17. The molecule has 0 heterocycles. The second-order valence-corrected chi connectivity index (χ2v) is 5.79. The molecule has 1 unspecified atom stereocenters. The van der Waals surface area contributed by atoms with Crippen LogP contribution in [0, 0.1) is 0 Å². The van der Waals surface area contributed by atoms with Crippen molar-refractivity contribution in [2.45, 2.75) is 36.5 Å². The van der Waals surface area contributed by atoms with E-state index >= 15 is 0 Å². The Hall–Kier alpha value is 0.660. The van der Waals surface area contributed by atoms with Gasteiger partial charge in [-0.2, -0.15) is 0 Å². The molecule has 3 heteroatoms. The first-order valence-electron chi connectivity index (χ1n) is 3.71. The highest BCUT2D eigenvalue weighted by atomic mass is 79.9. The van der Waals surface area contributed by atoms with E-state index in [1.165, 1.54) is 5.57 Å². The Morgan fingerprint density at radius 1 is 1.55 bits per heavy atom. The van der Waals surface area contributed by atoms with E-state index in [-0.39, 0.29) is 3.74 Å². The van der Waals surface area contributed by atoms with E-state index in [0.29, 0.717) is 0 Å². The first-order valence-corrected chi connectivity index (χ1v) is 5.54. The third kappa shape index (κ3) is 5.88. The van der Waals surface area contributed by atoms with Crippen molar-refractivity contribution in [1.82, 2.24) is 0 Å². The molecular weight excluding hydrogens is 272 g/mol. The molecule has 0 aliphatic rings. The van der Waals surface area contributed by atoms with E-state index in [1.54, 1.807) is 0 Å². The zero-order chi connectivity index (χ0) is 8.85. The maximum absolute atomic E-state index is 9.35. The van der Waals surface area contributed by atoms with Gasteiger partial charge in [-0.3, -0.25) is 0 Å². The van der Waals surface area contributed by atoms with Gasteiger partial charge in [0, 0.05) is 0 Å². The Bertz CT molecular complexity index is 132. The summed E-state index contributed by atoms with van der Waals surface area (Å²) in [5.41, 5.74) is 1.24. The molecule has 0 aromatic heterocycles. The molecule has 0 spiro atoms. The zero-order valence-corrected chi connectivity index (χ0v) is 10.0. The van der Waals surface area contributed by atoms with Gasteiger partial charge >= 0.3 is 0 Å². The lowest BCUT2D eigenvalue weighted by Crippen LogP contribution is -2.11. The first-order chi connectivity index (χ1) is 5.07. The van der Waals surface area contributed by atoms with Crippen molar-refractivity contribution in [3.8, 4) is 0 Å². The van der Waals surface area contributed by atoms with E-state index < -0.39 is 6.10 Å². The van der Waals surface area contributed by atoms with Crippen molar-refractivity contribution in [2.24, 2.45) is 0 Å². The quantitative estimate of drug-likeness (QED) is 0.621. The van der Waals surface area contributed by atoms with Crippen LogP contribution in [0.25, 0.3) is 0 Å². The number of alkyl halides is 2. The monoisotopic (exact) mass is 284 g/mol. The molecule has 0 saturated heterocycles. The average molecular weight is 286 g/mol. The molecule has 1 atom stereocenters. The minimum Gasteiger partial charge on any atom is -0.387 e. The van der Waals surface area contributed by atoms with Crippen LogP contribution < -0.4 is 0 Å². The average Bonchev–Trinajstić information content (AvgIpc) is 1.87. The lowest BCUT2D eigenvalue weighted by Gasteiger charge is -2.07. The van der Waals surface area contributed by atoms with Crippen LogP contribution in [0.5, 0.6) is 0 Å². The highest BCUT2D eigenvalue weighted by Gasteiger charge is 2.08. The Morgan fingerprint density at radius 3 is 2.45 bits per heavy atom. The normalized spacial score (nSPS) is 15.6. The Kier molecular flexibility index (Phi) is 6.58. The fourth-order valence-electron chi connectivity index (χ4n) is 0.842. The van der Waals surface area contributed by atoms with Gasteiger partial charge < -0.3 is 5.11 Å². The van der Waals surface area contributed by atoms with Crippen LogP contribution in [0.15, 0.2) is 11.6 Å². The fraction of sp³-hybridized carbons (Fsp3) is 0.750. The van der Waals surface area contributed by atoms with E-state index in [2.05, 4.69) is 38.8 Å².